The van der Waals surface area contributed by atoms with Gasteiger partial charge in [-0.25, -0.2) is 4.79 Å². The number of para-hydroxylation sites is 2. The van der Waals surface area contributed by atoms with Crippen LogP contribution in [0.3, 0.4) is 0 Å². The Morgan fingerprint density at radius 1 is 1.21 bits per heavy atom. The molecule has 0 aliphatic carbocycles. The van der Waals surface area contributed by atoms with Crippen LogP contribution in [0.5, 0.6) is 11.5 Å². The zero-order chi connectivity index (χ0) is 17.7. The minimum atomic E-state index is -1.22. The number of carboxylic acid groups (broad SMARTS) is 1. The Bertz CT molecular complexity index is 804. The van der Waals surface area contributed by atoms with Crippen molar-refractivity contribution in [1.82, 2.24) is 0 Å². The Hall–Kier alpha value is -3.62. The van der Waals surface area contributed by atoms with Crippen LogP contribution >= 0.6 is 0 Å². The number of nitro benzene ring substituents is 1. The van der Waals surface area contributed by atoms with E-state index in [-0.39, 0.29) is 22.7 Å². The number of phenolic OH excluding ortho intramolecular Hbond substituents is 1. The molecule has 0 aliphatic heterocycles. The van der Waals surface area contributed by atoms with Gasteiger partial charge in [-0.3, -0.25) is 14.9 Å². The average molecular weight is 332 g/mol. The lowest BCUT2D eigenvalue weighted by atomic mass is 10.2. The molecule has 0 heterocycles. The number of benzene rings is 2. The molecule has 9 nitrogen and oxygen atoms in total. The number of anilines is 1. The second-order valence-electron chi connectivity index (χ2n) is 4.60. The number of hydrogen-bond acceptors (Lipinski definition) is 6. The molecule has 2 aromatic rings. The normalized spacial score (nSPS) is 10.0. The van der Waals surface area contributed by atoms with Gasteiger partial charge in [0.25, 0.3) is 5.91 Å². The van der Waals surface area contributed by atoms with E-state index in [9.17, 15) is 24.8 Å². The van der Waals surface area contributed by atoms with Gasteiger partial charge in [0, 0.05) is 6.07 Å². The van der Waals surface area contributed by atoms with Crippen molar-refractivity contribution in [2.75, 3.05) is 11.9 Å². The summed E-state index contributed by atoms with van der Waals surface area (Å²) in [4.78, 5) is 32.8. The number of hydrogen-bond donors (Lipinski definition) is 3. The Morgan fingerprint density at radius 3 is 2.54 bits per heavy atom. The maximum atomic E-state index is 11.8. The minimum Gasteiger partial charge on any atom is -0.506 e. The highest BCUT2D eigenvalue weighted by Gasteiger charge is 2.16. The summed E-state index contributed by atoms with van der Waals surface area (Å²) in [6.45, 7) is -0.523. The summed E-state index contributed by atoms with van der Waals surface area (Å²) in [5.74, 6) is -2.38. The number of carbonyl (C=O) groups excluding carboxylic acids is 1. The van der Waals surface area contributed by atoms with E-state index < -0.39 is 29.2 Å². The maximum absolute atomic E-state index is 11.8. The summed E-state index contributed by atoms with van der Waals surface area (Å²) in [6.07, 6.45) is 0. The SMILES string of the molecule is O=C(COc1ccccc1[N+](=O)[O-])Nc1ccc(C(=O)O)cc1O. The van der Waals surface area contributed by atoms with E-state index in [1.54, 1.807) is 0 Å². The van der Waals surface area contributed by atoms with Crippen LogP contribution in [0.4, 0.5) is 11.4 Å². The monoisotopic (exact) mass is 332 g/mol. The van der Waals surface area contributed by atoms with Gasteiger partial charge >= 0.3 is 11.7 Å². The number of aromatic carboxylic acids is 1. The molecule has 9 heteroatoms. The van der Waals surface area contributed by atoms with Crippen molar-refractivity contribution < 1.29 is 29.5 Å². The molecule has 24 heavy (non-hydrogen) atoms. The highest BCUT2D eigenvalue weighted by atomic mass is 16.6. The van der Waals surface area contributed by atoms with Crippen LogP contribution in [-0.4, -0.2) is 33.6 Å². The van der Waals surface area contributed by atoms with Crippen molar-refractivity contribution in [3.63, 3.8) is 0 Å². The third-order valence-corrected chi connectivity index (χ3v) is 2.94. The molecule has 0 fully saturated rings. The van der Waals surface area contributed by atoms with E-state index in [1.165, 1.54) is 36.4 Å². The van der Waals surface area contributed by atoms with Gasteiger partial charge in [-0.1, -0.05) is 12.1 Å². The summed E-state index contributed by atoms with van der Waals surface area (Å²) in [5, 5.41) is 31.6. The maximum Gasteiger partial charge on any atom is 0.335 e. The van der Waals surface area contributed by atoms with Crippen LogP contribution in [0, 0.1) is 10.1 Å². The summed E-state index contributed by atoms with van der Waals surface area (Å²) >= 11 is 0. The predicted molar refractivity (Wildman–Crippen MR) is 82.3 cm³/mol. The standard InChI is InChI=1S/C15H12N2O7/c18-12-7-9(15(20)21)5-6-10(12)16-14(19)8-24-13-4-2-1-3-11(13)17(22)23/h1-7,18H,8H2,(H,16,19)(H,20,21). The van der Waals surface area contributed by atoms with Gasteiger partial charge in [-0.2, -0.15) is 0 Å². The number of nitro groups is 1. The zero-order valence-corrected chi connectivity index (χ0v) is 12.1. The van der Waals surface area contributed by atoms with Gasteiger partial charge in [-0.05, 0) is 24.3 Å². The number of nitrogens with zero attached hydrogens (tertiary/aromatic N) is 1. The topological polar surface area (TPSA) is 139 Å². The number of ether oxygens (including phenoxy) is 1. The average Bonchev–Trinajstić information content (AvgIpc) is 2.54. The smallest absolute Gasteiger partial charge is 0.335 e. The van der Waals surface area contributed by atoms with Crippen molar-refractivity contribution in [3.05, 3.63) is 58.1 Å². The van der Waals surface area contributed by atoms with E-state index >= 15 is 0 Å². The number of aromatic hydroxyl groups is 1. The molecule has 2 rings (SSSR count). The molecule has 0 unspecified atom stereocenters. The molecule has 0 bridgehead atoms. The highest BCUT2D eigenvalue weighted by Crippen LogP contribution is 2.26. The molecule has 0 aromatic heterocycles. The third-order valence-electron chi connectivity index (χ3n) is 2.94. The number of phenols is 1. The summed E-state index contributed by atoms with van der Waals surface area (Å²) in [6, 6.07) is 9.00. The van der Waals surface area contributed by atoms with Crippen LogP contribution in [-0.2, 0) is 4.79 Å². The summed E-state index contributed by atoms with van der Waals surface area (Å²) < 4.78 is 5.10. The number of amides is 1. The van der Waals surface area contributed by atoms with Crippen LogP contribution in [0.2, 0.25) is 0 Å². The molecule has 0 atom stereocenters. The predicted octanol–water partition coefficient (Wildman–Crippen LogP) is 2.02. The van der Waals surface area contributed by atoms with Crippen molar-refractivity contribution >= 4 is 23.3 Å². The Morgan fingerprint density at radius 2 is 1.92 bits per heavy atom. The Kier molecular flexibility index (Phi) is 4.95. The van der Waals surface area contributed by atoms with E-state index in [4.69, 9.17) is 9.84 Å². The molecule has 0 spiro atoms. The zero-order valence-electron chi connectivity index (χ0n) is 12.1. The van der Waals surface area contributed by atoms with Crippen LogP contribution in [0.1, 0.15) is 10.4 Å². The van der Waals surface area contributed by atoms with Crippen LogP contribution < -0.4 is 10.1 Å². The molecule has 3 N–H and O–H groups in total. The first-order valence-electron chi connectivity index (χ1n) is 6.61. The van der Waals surface area contributed by atoms with Gasteiger partial charge in [0.2, 0.25) is 0 Å². The quantitative estimate of drug-likeness (QED) is 0.417. The molecule has 0 aliphatic rings. The molecule has 2 aromatic carbocycles. The van der Waals surface area contributed by atoms with Crippen LogP contribution in [0.25, 0.3) is 0 Å². The number of nitrogens with one attached hydrogen (secondary N) is 1. The molecular formula is C15H12N2O7. The van der Waals surface area contributed by atoms with Gasteiger partial charge in [0.1, 0.15) is 5.75 Å². The lowest BCUT2D eigenvalue weighted by Gasteiger charge is -2.09. The van der Waals surface area contributed by atoms with E-state index in [0.717, 1.165) is 6.07 Å². The van der Waals surface area contributed by atoms with E-state index in [1.807, 2.05) is 0 Å². The Labute approximate surface area is 135 Å². The van der Waals surface area contributed by atoms with Gasteiger partial charge < -0.3 is 20.3 Å². The van der Waals surface area contributed by atoms with Crippen molar-refractivity contribution in [2.24, 2.45) is 0 Å². The lowest BCUT2D eigenvalue weighted by Crippen LogP contribution is -2.20. The molecule has 1 amide bonds. The second-order valence-corrected chi connectivity index (χ2v) is 4.60. The summed E-state index contributed by atoms with van der Waals surface area (Å²) in [7, 11) is 0. The Balaban J connectivity index is 2.02. The molecule has 0 radical (unpaired) electrons. The number of carbonyl (C=O) groups is 2. The third kappa shape index (κ3) is 3.97. The first-order valence-corrected chi connectivity index (χ1v) is 6.61. The number of carboxylic acids is 1. The molecule has 0 saturated heterocycles. The minimum absolute atomic E-state index is 0.00355. The van der Waals surface area contributed by atoms with Gasteiger partial charge in [0.15, 0.2) is 12.4 Å². The first kappa shape index (κ1) is 16.7. The van der Waals surface area contributed by atoms with E-state index in [2.05, 4.69) is 5.32 Å². The van der Waals surface area contributed by atoms with Gasteiger partial charge in [-0.15, -0.1) is 0 Å². The van der Waals surface area contributed by atoms with Crippen LogP contribution in [0.15, 0.2) is 42.5 Å². The fourth-order valence-corrected chi connectivity index (χ4v) is 1.83. The molecule has 0 saturated carbocycles. The fraction of sp³-hybridized carbons (Fsp3) is 0.0667. The van der Waals surface area contributed by atoms with E-state index in [0.29, 0.717) is 0 Å². The largest absolute Gasteiger partial charge is 0.506 e. The number of rotatable bonds is 6. The van der Waals surface area contributed by atoms with Crippen molar-refractivity contribution in [2.45, 2.75) is 0 Å². The van der Waals surface area contributed by atoms with Crippen molar-refractivity contribution in [3.8, 4) is 11.5 Å². The summed E-state index contributed by atoms with van der Waals surface area (Å²) in [5.41, 5.74) is -0.420. The molecule has 124 valence electrons. The fourth-order valence-electron chi connectivity index (χ4n) is 1.83. The van der Waals surface area contributed by atoms with Crippen molar-refractivity contribution in [1.29, 1.82) is 0 Å². The van der Waals surface area contributed by atoms with Gasteiger partial charge in [0.05, 0.1) is 16.2 Å². The first-order chi connectivity index (χ1) is 11.4. The lowest BCUT2D eigenvalue weighted by molar-refractivity contribution is -0.385. The highest BCUT2D eigenvalue weighted by molar-refractivity contribution is 5.95. The molecular weight excluding hydrogens is 320 g/mol. The second kappa shape index (κ2) is 7.09.